The number of thiazole rings is 1. The number of nitrogens with one attached hydrogen (secondary N) is 1. The van der Waals surface area contributed by atoms with E-state index < -0.39 is 0 Å². The molecular formula is C10H13N3O2S. The van der Waals surface area contributed by atoms with Crippen LogP contribution in [0.5, 0.6) is 0 Å². The number of amides is 2. The van der Waals surface area contributed by atoms with Crippen LogP contribution in [-0.4, -0.2) is 34.3 Å². The molecule has 1 unspecified atom stereocenters. The Hall–Kier alpha value is -1.43. The predicted octanol–water partition coefficient (Wildman–Crippen LogP) is 0.380. The van der Waals surface area contributed by atoms with Crippen molar-refractivity contribution in [1.29, 1.82) is 0 Å². The standard InChI is InChI=1S/C10H13N3O2S/c1-2-8-10(15)12-4-9(14)13(8)5-7-3-11-6-16-7/h3,6,8H,2,4-5H2,1H3,(H,12,15). The van der Waals surface area contributed by atoms with Gasteiger partial charge in [-0.1, -0.05) is 6.92 Å². The number of rotatable bonds is 3. The lowest BCUT2D eigenvalue weighted by atomic mass is 10.1. The molecule has 0 aromatic carbocycles. The number of piperazine rings is 1. The minimum absolute atomic E-state index is 0.0279. The Bertz CT molecular complexity index is 391. The van der Waals surface area contributed by atoms with E-state index in [4.69, 9.17) is 0 Å². The van der Waals surface area contributed by atoms with Gasteiger partial charge in [-0.25, -0.2) is 0 Å². The second kappa shape index (κ2) is 4.61. The normalized spacial score (nSPS) is 21.1. The van der Waals surface area contributed by atoms with E-state index in [2.05, 4.69) is 10.3 Å². The van der Waals surface area contributed by atoms with Crippen molar-refractivity contribution in [2.45, 2.75) is 25.9 Å². The molecule has 0 bridgehead atoms. The van der Waals surface area contributed by atoms with E-state index in [1.54, 1.807) is 16.6 Å². The van der Waals surface area contributed by atoms with Crippen LogP contribution in [0.4, 0.5) is 0 Å². The molecule has 1 N–H and O–H groups in total. The summed E-state index contributed by atoms with van der Waals surface area (Å²) < 4.78 is 0. The van der Waals surface area contributed by atoms with E-state index >= 15 is 0 Å². The SMILES string of the molecule is CCC1C(=O)NCC(=O)N1Cc1cncs1. The molecule has 86 valence electrons. The summed E-state index contributed by atoms with van der Waals surface area (Å²) in [7, 11) is 0. The van der Waals surface area contributed by atoms with Crippen LogP contribution in [0, 0.1) is 0 Å². The maximum Gasteiger partial charge on any atom is 0.243 e. The highest BCUT2D eigenvalue weighted by Gasteiger charge is 2.33. The zero-order chi connectivity index (χ0) is 11.5. The van der Waals surface area contributed by atoms with Gasteiger partial charge in [0.15, 0.2) is 0 Å². The molecule has 1 fully saturated rings. The molecule has 0 radical (unpaired) electrons. The highest BCUT2D eigenvalue weighted by Crippen LogP contribution is 2.16. The molecule has 0 spiro atoms. The van der Waals surface area contributed by atoms with Gasteiger partial charge >= 0.3 is 0 Å². The fourth-order valence-corrected chi connectivity index (χ4v) is 2.38. The highest BCUT2D eigenvalue weighted by molar-refractivity contribution is 7.09. The zero-order valence-corrected chi connectivity index (χ0v) is 9.79. The summed E-state index contributed by atoms with van der Waals surface area (Å²) in [5.41, 5.74) is 1.73. The second-order valence-corrected chi connectivity index (χ2v) is 4.60. The number of hydrogen-bond donors (Lipinski definition) is 1. The summed E-state index contributed by atoms with van der Waals surface area (Å²) >= 11 is 1.50. The lowest BCUT2D eigenvalue weighted by Crippen LogP contribution is -2.57. The van der Waals surface area contributed by atoms with Crippen molar-refractivity contribution in [3.8, 4) is 0 Å². The topological polar surface area (TPSA) is 62.3 Å². The third kappa shape index (κ3) is 2.06. The maximum atomic E-state index is 11.7. The van der Waals surface area contributed by atoms with Crippen molar-refractivity contribution in [2.24, 2.45) is 0 Å². The van der Waals surface area contributed by atoms with Gasteiger partial charge in [0, 0.05) is 11.1 Å². The summed E-state index contributed by atoms with van der Waals surface area (Å²) in [5, 5.41) is 2.60. The summed E-state index contributed by atoms with van der Waals surface area (Å²) in [5.74, 6) is -0.0912. The predicted molar refractivity (Wildman–Crippen MR) is 59.8 cm³/mol. The van der Waals surface area contributed by atoms with Crippen molar-refractivity contribution < 1.29 is 9.59 Å². The number of carbonyl (C=O) groups excluding carboxylic acids is 2. The first-order valence-electron chi connectivity index (χ1n) is 5.17. The molecule has 1 aliphatic heterocycles. The Labute approximate surface area is 97.5 Å². The van der Waals surface area contributed by atoms with Gasteiger partial charge in [-0.15, -0.1) is 11.3 Å². The number of nitrogens with zero attached hydrogens (tertiary/aromatic N) is 2. The average Bonchev–Trinajstić information content (AvgIpc) is 2.77. The highest BCUT2D eigenvalue weighted by atomic mass is 32.1. The smallest absolute Gasteiger partial charge is 0.243 e. The van der Waals surface area contributed by atoms with Crippen molar-refractivity contribution >= 4 is 23.2 Å². The average molecular weight is 239 g/mol. The van der Waals surface area contributed by atoms with Crippen LogP contribution in [-0.2, 0) is 16.1 Å². The number of carbonyl (C=O) groups is 2. The van der Waals surface area contributed by atoms with E-state index in [1.165, 1.54) is 11.3 Å². The Balaban J connectivity index is 2.15. The summed E-state index contributed by atoms with van der Waals surface area (Å²) in [6, 6.07) is -0.344. The van der Waals surface area contributed by atoms with Gasteiger partial charge in [0.2, 0.25) is 11.8 Å². The molecule has 0 aliphatic carbocycles. The lowest BCUT2D eigenvalue weighted by molar-refractivity contribution is -0.146. The second-order valence-electron chi connectivity index (χ2n) is 3.63. The first-order chi connectivity index (χ1) is 7.72. The molecule has 1 aromatic heterocycles. The third-order valence-electron chi connectivity index (χ3n) is 2.61. The van der Waals surface area contributed by atoms with Crippen LogP contribution >= 0.6 is 11.3 Å². The largest absolute Gasteiger partial charge is 0.345 e. The molecule has 1 saturated heterocycles. The van der Waals surface area contributed by atoms with Crippen molar-refractivity contribution in [3.63, 3.8) is 0 Å². The van der Waals surface area contributed by atoms with E-state index in [0.717, 1.165) is 4.88 Å². The van der Waals surface area contributed by atoms with Crippen LogP contribution in [0.2, 0.25) is 0 Å². The van der Waals surface area contributed by atoms with Crippen LogP contribution in [0.1, 0.15) is 18.2 Å². The summed E-state index contributed by atoms with van der Waals surface area (Å²) in [4.78, 5) is 29.9. The van der Waals surface area contributed by atoms with Crippen LogP contribution < -0.4 is 5.32 Å². The molecule has 1 aliphatic rings. The van der Waals surface area contributed by atoms with E-state index in [0.29, 0.717) is 13.0 Å². The Morgan fingerprint density at radius 3 is 3.06 bits per heavy atom. The molecule has 0 saturated carbocycles. The third-order valence-corrected chi connectivity index (χ3v) is 3.37. The fourth-order valence-electron chi connectivity index (χ4n) is 1.79. The summed E-state index contributed by atoms with van der Waals surface area (Å²) in [6.45, 7) is 2.49. The first kappa shape index (κ1) is 11.1. The number of hydrogen-bond acceptors (Lipinski definition) is 4. The molecule has 2 amide bonds. The quantitative estimate of drug-likeness (QED) is 0.829. The molecule has 16 heavy (non-hydrogen) atoms. The van der Waals surface area contributed by atoms with Crippen LogP contribution in [0.3, 0.4) is 0 Å². The zero-order valence-electron chi connectivity index (χ0n) is 8.97. The molecule has 6 heteroatoms. The Morgan fingerprint density at radius 1 is 1.62 bits per heavy atom. The number of aromatic nitrogens is 1. The molecule has 1 atom stereocenters. The molecule has 2 rings (SSSR count). The molecule has 5 nitrogen and oxygen atoms in total. The van der Waals surface area contributed by atoms with E-state index in [-0.39, 0.29) is 24.4 Å². The maximum absolute atomic E-state index is 11.7. The van der Waals surface area contributed by atoms with Crippen LogP contribution in [0.25, 0.3) is 0 Å². The molecule has 1 aromatic rings. The van der Waals surface area contributed by atoms with Crippen molar-refractivity contribution in [3.05, 3.63) is 16.6 Å². The van der Waals surface area contributed by atoms with Crippen LogP contribution in [0.15, 0.2) is 11.7 Å². The minimum atomic E-state index is -0.344. The minimum Gasteiger partial charge on any atom is -0.345 e. The van der Waals surface area contributed by atoms with E-state index in [9.17, 15) is 9.59 Å². The van der Waals surface area contributed by atoms with Gasteiger partial charge in [0.25, 0.3) is 0 Å². The lowest BCUT2D eigenvalue weighted by Gasteiger charge is -2.33. The van der Waals surface area contributed by atoms with Crippen molar-refractivity contribution in [1.82, 2.24) is 15.2 Å². The molecular weight excluding hydrogens is 226 g/mol. The van der Waals surface area contributed by atoms with Crippen molar-refractivity contribution in [2.75, 3.05) is 6.54 Å². The van der Waals surface area contributed by atoms with Gasteiger partial charge in [0.1, 0.15) is 6.04 Å². The fraction of sp³-hybridized carbons (Fsp3) is 0.500. The van der Waals surface area contributed by atoms with Gasteiger partial charge in [-0.2, -0.15) is 0 Å². The monoisotopic (exact) mass is 239 g/mol. The van der Waals surface area contributed by atoms with Gasteiger partial charge in [-0.05, 0) is 6.42 Å². The van der Waals surface area contributed by atoms with Gasteiger partial charge in [0.05, 0.1) is 18.6 Å². The Morgan fingerprint density at radius 2 is 2.44 bits per heavy atom. The van der Waals surface area contributed by atoms with Gasteiger partial charge < -0.3 is 10.2 Å². The molecule has 2 heterocycles. The first-order valence-corrected chi connectivity index (χ1v) is 6.05. The van der Waals surface area contributed by atoms with E-state index in [1.807, 2.05) is 6.92 Å². The summed E-state index contributed by atoms with van der Waals surface area (Å²) in [6.07, 6.45) is 2.37. The Kier molecular flexibility index (Phi) is 3.19. The van der Waals surface area contributed by atoms with Gasteiger partial charge in [-0.3, -0.25) is 14.6 Å².